The van der Waals surface area contributed by atoms with E-state index < -0.39 is 11.5 Å². The van der Waals surface area contributed by atoms with E-state index in [0.717, 1.165) is 0 Å². The second-order valence-corrected chi connectivity index (χ2v) is 5.28. The molecule has 132 valence electrons. The standard InChI is InChI=1S/C15H16ClN5O4/c1-24-11-4-3-8(16)5-10(11)19-14(17)21-15-18-9(6-12(22)20-15)7-13(23)25-2/h3-6H,7H2,1-2H3,(H4,17,18,19,20,21,22)/p+1. The summed E-state index contributed by atoms with van der Waals surface area (Å²) in [6.45, 7) is 0. The lowest BCUT2D eigenvalue weighted by Gasteiger charge is -2.08. The van der Waals surface area contributed by atoms with E-state index >= 15 is 0 Å². The third-order valence-corrected chi connectivity index (χ3v) is 3.27. The predicted molar refractivity (Wildman–Crippen MR) is 92.0 cm³/mol. The molecule has 0 spiro atoms. The van der Waals surface area contributed by atoms with Gasteiger partial charge in [-0.3, -0.25) is 14.9 Å². The minimum atomic E-state index is -0.511. The molecule has 5 N–H and O–H groups in total. The third-order valence-electron chi connectivity index (χ3n) is 3.03. The van der Waals surface area contributed by atoms with Crippen LogP contribution in [0.25, 0.3) is 0 Å². The van der Waals surface area contributed by atoms with E-state index in [1.54, 1.807) is 18.2 Å². The van der Waals surface area contributed by atoms with Gasteiger partial charge in [0, 0.05) is 11.1 Å². The van der Waals surface area contributed by atoms with Crippen molar-refractivity contribution in [3.05, 3.63) is 45.3 Å². The van der Waals surface area contributed by atoms with Gasteiger partial charge in [0.25, 0.3) is 11.5 Å². The second kappa shape index (κ2) is 8.15. The van der Waals surface area contributed by atoms with Crippen molar-refractivity contribution in [3.63, 3.8) is 0 Å². The summed E-state index contributed by atoms with van der Waals surface area (Å²) >= 11 is 5.95. The molecule has 9 nitrogen and oxygen atoms in total. The number of methoxy groups -OCH3 is 2. The molecular weight excluding hydrogens is 350 g/mol. The van der Waals surface area contributed by atoms with Crippen LogP contribution >= 0.6 is 11.6 Å². The number of carbonyl (C=O) groups excluding carboxylic acids is 1. The Labute approximate surface area is 147 Å². The summed E-state index contributed by atoms with van der Waals surface area (Å²) in [7, 11) is 2.76. The van der Waals surface area contributed by atoms with Crippen LogP contribution < -0.4 is 26.3 Å². The van der Waals surface area contributed by atoms with Crippen LogP contribution in [0, 0.1) is 0 Å². The van der Waals surface area contributed by atoms with Gasteiger partial charge >= 0.3 is 11.9 Å². The smallest absolute Gasteiger partial charge is 0.325 e. The normalized spacial score (nSPS) is 11.1. The molecule has 10 heteroatoms. The monoisotopic (exact) mass is 366 g/mol. The Morgan fingerprint density at radius 1 is 1.40 bits per heavy atom. The first-order chi connectivity index (χ1) is 11.9. The van der Waals surface area contributed by atoms with Crippen LogP contribution in [-0.4, -0.2) is 36.1 Å². The molecule has 0 atom stereocenters. The second-order valence-electron chi connectivity index (χ2n) is 4.85. The summed E-state index contributed by atoms with van der Waals surface area (Å²) < 4.78 is 9.75. The molecule has 1 aromatic heterocycles. The fourth-order valence-electron chi connectivity index (χ4n) is 1.96. The van der Waals surface area contributed by atoms with E-state index in [4.69, 9.17) is 22.1 Å². The number of guanidine groups is 1. The molecule has 0 saturated heterocycles. The quantitative estimate of drug-likeness (QED) is 0.312. The molecule has 0 amide bonds. The number of esters is 1. The Balaban J connectivity index is 2.26. The molecule has 2 aromatic rings. The molecule has 0 aliphatic carbocycles. The zero-order chi connectivity index (χ0) is 18.4. The van der Waals surface area contributed by atoms with Crippen molar-refractivity contribution >= 4 is 35.2 Å². The lowest BCUT2D eigenvalue weighted by molar-refractivity contribution is -0.365. The largest absolute Gasteiger partial charge is 0.494 e. The van der Waals surface area contributed by atoms with Crippen molar-refractivity contribution in [1.29, 1.82) is 0 Å². The van der Waals surface area contributed by atoms with Crippen LogP contribution in [-0.2, 0) is 16.0 Å². The van der Waals surface area contributed by atoms with Crippen LogP contribution in [0.4, 0.5) is 11.6 Å². The summed E-state index contributed by atoms with van der Waals surface area (Å²) in [4.78, 5) is 32.2. The molecule has 0 bridgehead atoms. The Hall–Kier alpha value is -3.07. The number of hydrogen-bond donors (Lipinski definition) is 4. The molecule has 0 aliphatic rings. The number of carbonyl (C=O) groups is 1. The number of ether oxygens (including phenoxy) is 2. The lowest BCUT2D eigenvalue weighted by Crippen LogP contribution is -2.73. The Morgan fingerprint density at radius 3 is 2.84 bits per heavy atom. The topological polar surface area (TPSA) is 133 Å². The molecule has 2 rings (SSSR count). The molecule has 0 radical (unpaired) electrons. The molecule has 0 saturated carbocycles. The van der Waals surface area contributed by atoms with E-state index in [1.807, 2.05) is 0 Å². The molecule has 0 aliphatic heterocycles. The average molecular weight is 367 g/mol. The summed E-state index contributed by atoms with van der Waals surface area (Å²) in [5, 5.41) is 3.35. The maximum absolute atomic E-state index is 11.7. The summed E-state index contributed by atoms with van der Waals surface area (Å²) in [6.07, 6.45) is -0.134. The van der Waals surface area contributed by atoms with Crippen molar-refractivity contribution < 1.29 is 19.3 Å². The molecule has 25 heavy (non-hydrogen) atoms. The highest BCUT2D eigenvalue weighted by atomic mass is 35.5. The van der Waals surface area contributed by atoms with Gasteiger partial charge in [-0.1, -0.05) is 11.6 Å². The number of benzene rings is 1. The number of halogens is 1. The summed E-state index contributed by atoms with van der Waals surface area (Å²) in [5.41, 5.74) is 6.20. The van der Waals surface area contributed by atoms with Gasteiger partial charge in [-0.15, -0.1) is 4.98 Å². The number of nitrogens with one attached hydrogen (secondary N) is 3. The number of rotatable bonds is 5. The predicted octanol–water partition coefficient (Wildman–Crippen LogP) is -0.714. The first kappa shape index (κ1) is 18.3. The Morgan fingerprint density at radius 2 is 2.16 bits per heavy atom. The van der Waals surface area contributed by atoms with Crippen LogP contribution in [0.1, 0.15) is 5.69 Å². The van der Waals surface area contributed by atoms with Crippen LogP contribution in [0.3, 0.4) is 0 Å². The summed E-state index contributed by atoms with van der Waals surface area (Å²) in [6, 6.07) is 6.17. The van der Waals surface area contributed by atoms with Gasteiger partial charge in [-0.25, -0.2) is 9.98 Å². The minimum absolute atomic E-state index is 0.0670. The van der Waals surface area contributed by atoms with Crippen molar-refractivity contribution in [2.75, 3.05) is 19.5 Å². The van der Waals surface area contributed by atoms with Crippen molar-refractivity contribution in [1.82, 2.24) is 9.97 Å². The number of anilines is 1. The van der Waals surface area contributed by atoms with Gasteiger partial charge < -0.3 is 15.2 Å². The summed E-state index contributed by atoms with van der Waals surface area (Å²) in [5.74, 6) is 0.147. The molecular formula is C15H17ClN5O4+. The number of aromatic nitrogens is 2. The minimum Gasteiger partial charge on any atom is -0.494 e. The first-order valence-corrected chi connectivity index (χ1v) is 7.46. The van der Waals surface area contributed by atoms with E-state index in [0.29, 0.717) is 16.5 Å². The number of H-pyrrole nitrogens is 1. The van der Waals surface area contributed by atoms with Gasteiger partial charge in [0.15, 0.2) is 5.75 Å². The van der Waals surface area contributed by atoms with Gasteiger partial charge in [0.2, 0.25) is 0 Å². The van der Waals surface area contributed by atoms with E-state index in [9.17, 15) is 9.59 Å². The molecule has 0 fully saturated rings. The van der Waals surface area contributed by atoms with Crippen LogP contribution in [0.5, 0.6) is 5.75 Å². The zero-order valence-electron chi connectivity index (χ0n) is 13.6. The fourth-order valence-corrected chi connectivity index (χ4v) is 2.13. The third kappa shape index (κ3) is 5.21. The molecule has 1 heterocycles. The zero-order valence-corrected chi connectivity index (χ0v) is 14.3. The van der Waals surface area contributed by atoms with E-state index in [-0.39, 0.29) is 24.0 Å². The van der Waals surface area contributed by atoms with E-state index in [1.165, 1.54) is 20.3 Å². The maximum atomic E-state index is 11.7. The van der Waals surface area contributed by atoms with E-state index in [2.05, 4.69) is 25.0 Å². The Kier molecular flexibility index (Phi) is 5.96. The highest BCUT2D eigenvalue weighted by Crippen LogP contribution is 2.27. The average Bonchev–Trinajstić information content (AvgIpc) is 2.54. The highest BCUT2D eigenvalue weighted by molar-refractivity contribution is 6.31. The molecule has 0 unspecified atom stereocenters. The lowest BCUT2D eigenvalue weighted by atomic mass is 10.3. The first-order valence-electron chi connectivity index (χ1n) is 7.08. The fraction of sp³-hybridized carbons (Fsp3) is 0.200. The van der Waals surface area contributed by atoms with Crippen LogP contribution in [0.15, 0.2) is 29.1 Å². The van der Waals surface area contributed by atoms with Gasteiger partial charge in [-0.2, -0.15) is 0 Å². The van der Waals surface area contributed by atoms with Gasteiger partial charge in [0.1, 0.15) is 11.4 Å². The van der Waals surface area contributed by atoms with Crippen LogP contribution in [0.2, 0.25) is 5.02 Å². The maximum Gasteiger partial charge on any atom is 0.325 e. The van der Waals surface area contributed by atoms with Crippen molar-refractivity contribution in [2.45, 2.75) is 6.42 Å². The number of aromatic amines is 1. The SMILES string of the molecule is COC(=O)Cc1cc(=O)[nH]c([NH+]=C(N)Nc2cc(Cl)ccc2OC)n1. The van der Waals surface area contributed by atoms with Crippen molar-refractivity contribution in [3.8, 4) is 5.75 Å². The molecule has 1 aromatic carbocycles. The van der Waals surface area contributed by atoms with Gasteiger partial charge in [-0.05, 0) is 18.2 Å². The Bertz CT molecular complexity index is 865. The van der Waals surface area contributed by atoms with Crippen molar-refractivity contribution in [2.24, 2.45) is 5.73 Å². The number of nitrogens with two attached hydrogens (primary N) is 1. The van der Waals surface area contributed by atoms with Gasteiger partial charge in [0.05, 0.1) is 20.6 Å². The highest BCUT2D eigenvalue weighted by Gasteiger charge is 2.12. The number of hydrogen-bond acceptors (Lipinski definition) is 5. The number of nitrogens with zero attached hydrogens (tertiary/aromatic N) is 1.